The van der Waals surface area contributed by atoms with Crippen LogP contribution in [0.3, 0.4) is 0 Å². The van der Waals surface area contributed by atoms with Gasteiger partial charge in [-0.25, -0.2) is 12.8 Å². The van der Waals surface area contributed by atoms with Gasteiger partial charge in [0.2, 0.25) is 15.9 Å². The highest BCUT2D eigenvalue weighted by molar-refractivity contribution is 7.93. The first-order valence-corrected chi connectivity index (χ1v) is 9.61. The van der Waals surface area contributed by atoms with E-state index in [1.807, 2.05) is 6.92 Å². The maximum Gasteiger partial charge on any atom is 0.235 e. The smallest absolute Gasteiger partial charge is 0.235 e. The zero-order valence-electron chi connectivity index (χ0n) is 13.8. The maximum atomic E-state index is 12.9. The third kappa shape index (κ3) is 3.99. The van der Waals surface area contributed by atoms with Gasteiger partial charge in [0.15, 0.2) is 0 Å². The van der Waals surface area contributed by atoms with Crippen molar-refractivity contribution >= 4 is 27.3 Å². The standard InChI is InChI=1S/C18H19FN2O3S/c1-13-11-16(21-9-2-10-25(21,23)24)7-8-17(13)20-18(22)12-14-3-5-15(19)6-4-14/h3-8,11H,2,9-10,12H2,1H3,(H,20,22). The Kier molecular flexibility index (Phi) is 4.76. The predicted octanol–water partition coefficient (Wildman–Crippen LogP) is 2.86. The number of sulfonamides is 1. The number of benzene rings is 2. The Labute approximate surface area is 146 Å². The first-order chi connectivity index (χ1) is 11.8. The number of anilines is 2. The molecule has 0 saturated carbocycles. The minimum atomic E-state index is -3.22. The number of hydrogen-bond donors (Lipinski definition) is 1. The zero-order chi connectivity index (χ0) is 18.0. The molecular formula is C18H19FN2O3S. The molecule has 0 bridgehead atoms. The summed E-state index contributed by atoms with van der Waals surface area (Å²) in [6, 6.07) is 10.9. The lowest BCUT2D eigenvalue weighted by molar-refractivity contribution is -0.115. The fraction of sp³-hybridized carbons (Fsp3) is 0.278. The summed E-state index contributed by atoms with van der Waals surface area (Å²) in [4.78, 5) is 12.2. The molecular weight excluding hydrogens is 343 g/mol. The van der Waals surface area contributed by atoms with Crippen LogP contribution in [-0.4, -0.2) is 26.6 Å². The summed E-state index contributed by atoms with van der Waals surface area (Å²) < 4.78 is 38.3. The van der Waals surface area contributed by atoms with Crippen LogP contribution in [0.2, 0.25) is 0 Å². The molecule has 2 aromatic rings. The van der Waals surface area contributed by atoms with Gasteiger partial charge in [0.1, 0.15) is 5.82 Å². The second kappa shape index (κ2) is 6.84. The van der Waals surface area contributed by atoms with Crippen molar-refractivity contribution in [2.75, 3.05) is 21.9 Å². The van der Waals surface area contributed by atoms with Crippen molar-refractivity contribution in [1.82, 2.24) is 0 Å². The van der Waals surface area contributed by atoms with Crippen LogP contribution in [0.5, 0.6) is 0 Å². The largest absolute Gasteiger partial charge is 0.326 e. The van der Waals surface area contributed by atoms with Gasteiger partial charge < -0.3 is 5.32 Å². The first-order valence-electron chi connectivity index (χ1n) is 8.00. The molecule has 1 amide bonds. The van der Waals surface area contributed by atoms with Gasteiger partial charge >= 0.3 is 0 Å². The van der Waals surface area contributed by atoms with Crippen molar-refractivity contribution in [3.05, 3.63) is 59.4 Å². The molecule has 0 aromatic heterocycles. The van der Waals surface area contributed by atoms with E-state index in [0.29, 0.717) is 24.3 Å². The highest BCUT2D eigenvalue weighted by Gasteiger charge is 2.28. The summed E-state index contributed by atoms with van der Waals surface area (Å²) in [5.74, 6) is -0.383. The lowest BCUT2D eigenvalue weighted by atomic mass is 10.1. The number of halogens is 1. The molecule has 132 valence electrons. The molecule has 0 radical (unpaired) electrons. The molecule has 1 aliphatic rings. The van der Waals surface area contributed by atoms with Gasteiger partial charge in [0, 0.05) is 12.2 Å². The van der Waals surface area contributed by atoms with Crippen molar-refractivity contribution in [3.8, 4) is 0 Å². The van der Waals surface area contributed by atoms with Crippen LogP contribution in [0.4, 0.5) is 15.8 Å². The number of aryl methyl sites for hydroxylation is 1. The van der Waals surface area contributed by atoms with E-state index < -0.39 is 10.0 Å². The Morgan fingerprint density at radius 3 is 2.52 bits per heavy atom. The molecule has 7 heteroatoms. The molecule has 0 unspecified atom stereocenters. The fourth-order valence-corrected chi connectivity index (χ4v) is 4.41. The second-order valence-electron chi connectivity index (χ2n) is 6.09. The maximum absolute atomic E-state index is 12.9. The number of carbonyl (C=O) groups is 1. The summed E-state index contributed by atoms with van der Waals surface area (Å²) in [6.45, 7) is 2.30. The molecule has 1 N–H and O–H groups in total. The lowest BCUT2D eigenvalue weighted by Crippen LogP contribution is -2.25. The average molecular weight is 362 g/mol. The molecule has 1 fully saturated rings. The molecule has 5 nitrogen and oxygen atoms in total. The molecule has 1 aliphatic heterocycles. The van der Waals surface area contributed by atoms with Crippen LogP contribution in [0.1, 0.15) is 17.5 Å². The summed E-state index contributed by atoms with van der Waals surface area (Å²) in [5.41, 5.74) is 2.75. The molecule has 1 heterocycles. The Hall–Kier alpha value is -2.41. The van der Waals surface area contributed by atoms with Crippen molar-refractivity contribution in [3.63, 3.8) is 0 Å². The zero-order valence-corrected chi connectivity index (χ0v) is 14.6. The van der Waals surface area contributed by atoms with E-state index in [4.69, 9.17) is 0 Å². The quantitative estimate of drug-likeness (QED) is 0.909. The highest BCUT2D eigenvalue weighted by atomic mass is 32.2. The number of nitrogens with one attached hydrogen (secondary N) is 1. The van der Waals surface area contributed by atoms with E-state index in [1.165, 1.54) is 16.4 Å². The Bertz CT molecular complexity index is 895. The number of hydrogen-bond acceptors (Lipinski definition) is 3. The van der Waals surface area contributed by atoms with Crippen molar-refractivity contribution in [2.45, 2.75) is 19.8 Å². The average Bonchev–Trinajstić information content (AvgIpc) is 2.91. The van der Waals surface area contributed by atoms with Crippen molar-refractivity contribution in [1.29, 1.82) is 0 Å². The first kappa shape index (κ1) is 17.4. The van der Waals surface area contributed by atoms with Gasteiger partial charge in [0.25, 0.3) is 0 Å². The third-order valence-electron chi connectivity index (χ3n) is 4.15. The van der Waals surface area contributed by atoms with E-state index in [9.17, 15) is 17.6 Å². The van der Waals surface area contributed by atoms with Crippen LogP contribution in [0, 0.1) is 12.7 Å². The van der Waals surface area contributed by atoms with Crippen LogP contribution < -0.4 is 9.62 Å². The molecule has 25 heavy (non-hydrogen) atoms. The minimum absolute atomic E-state index is 0.141. The van der Waals surface area contributed by atoms with E-state index >= 15 is 0 Å². The lowest BCUT2D eigenvalue weighted by Gasteiger charge is -2.18. The van der Waals surface area contributed by atoms with Gasteiger partial charge in [-0.1, -0.05) is 12.1 Å². The van der Waals surface area contributed by atoms with Crippen molar-refractivity contribution in [2.24, 2.45) is 0 Å². The normalized spacial score (nSPS) is 16.0. The summed E-state index contributed by atoms with van der Waals surface area (Å²) >= 11 is 0. The van der Waals surface area contributed by atoms with Gasteiger partial charge in [-0.2, -0.15) is 0 Å². The second-order valence-corrected chi connectivity index (χ2v) is 8.11. The number of carbonyl (C=O) groups excluding carboxylic acids is 1. The van der Waals surface area contributed by atoms with Crippen LogP contribution in [-0.2, 0) is 21.2 Å². The van der Waals surface area contributed by atoms with Crippen LogP contribution in [0.15, 0.2) is 42.5 Å². The molecule has 3 rings (SSSR count). The van der Waals surface area contributed by atoms with E-state index in [-0.39, 0.29) is 23.9 Å². The fourth-order valence-electron chi connectivity index (χ4n) is 2.85. The van der Waals surface area contributed by atoms with Crippen molar-refractivity contribution < 1.29 is 17.6 Å². The highest BCUT2D eigenvalue weighted by Crippen LogP contribution is 2.28. The minimum Gasteiger partial charge on any atom is -0.326 e. The monoisotopic (exact) mass is 362 g/mol. The van der Waals surface area contributed by atoms with Crippen LogP contribution in [0.25, 0.3) is 0 Å². The summed E-state index contributed by atoms with van der Waals surface area (Å²) in [7, 11) is -3.22. The predicted molar refractivity (Wildman–Crippen MR) is 95.7 cm³/mol. The van der Waals surface area contributed by atoms with E-state index in [2.05, 4.69) is 5.32 Å². The molecule has 2 aromatic carbocycles. The van der Waals surface area contributed by atoms with E-state index in [0.717, 1.165) is 11.1 Å². The van der Waals surface area contributed by atoms with Gasteiger partial charge in [0.05, 0.1) is 17.9 Å². The Balaban J connectivity index is 1.71. The summed E-state index contributed by atoms with van der Waals surface area (Å²) in [5, 5.41) is 2.81. The SMILES string of the molecule is Cc1cc(N2CCCS2(=O)=O)ccc1NC(=O)Cc1ccc(F)cc1. The van der Waals surface area contributed by atoms with E-state index in [1.54, 1.807) is 30.3 Å². The molecule has 0 aliphatic carbocycles. The molecule has 0 spiro atoms. The van der Waals surface area contributed by atoms with Crippen LogP contribution >= 0.6 is 0 Å². The Morgan fingerprint density at radius 1 is 1.20 bits per heavy atom. The summed E-state index contributed by atoms with van der Waals surface area (Å²) in [6.07, 6.45) is 0.763. The third-order valence-corrected chi connectivity index (χ3v) is 6.02. The van der Waals surface area contributed by atoms with Gasteiger partial charge in [-0.05, 0) is 54.8 Å². The molecule has 1 saturated heterocycles. The number of rotatable bonds is 4. The topological polar surface area (TPSA) is 66.5 Å². The van der Waals surface area contributed by atoms with Gasteiger partial charge in [-0.15, -0.1) is 0 Å². The molecule has 0 atom stereocenters. The Morgan fingerprint density at radius 2 is 1.92 bits per heavy atom. The number of amides is 1. The number of nitrogens with zero attached hydrogens (tertiary/aromatic N) is 1. The van der Waals surface area contributed by atoms with Gasteiger partial charge in [-0.3, -0.25) is 9.10 Å².